The highest BCUT2D eigenvalue weighted by atomic mass is 19.1. The Balaban J connectivity index is 1.78. The van der Waals surface area contributed by atoms with E-state index in [1.54, 1.807) is 48.5 Å². The second kappa shape index (κ2) is 11.0. The normalized spacial score (nSPS) is 22.9. The molecule has 1 aliphatic rings. The molecule has 8 nitrogen and oxygen atoms in total. The minimum absolute atomic E-state index is 0.345. The molecule has 1 fully saturated rings. The van der Waals surface area contributed by atoms with Gasteiger partial charge in [0.1, 0.15) is 29.0 Å². The quantitative estimate of drug-likeness (QED) is 0.403. The SMILES string of the molecule is COc1ccccc1NC(=O)[C@@H]1C(=O)C[C@@](C)(O)[C@@H](C(=O)Nc2ccccc2OC)[C@H]1c1ccc(F)cc1. The molecule has 1 aliphatic carbocycles. The second-order valence-electron chi connectivity index (χ2n) is 9.41. The van der Waals surface area contributed by atoms with Crippen molar-refractivity contribution >= 4 is 29.0 Å². The third-order valence-electron chi connectivity index (χ3n) is 6.82. The maximum Gasteiger partial charge on any atom is 0.235 e. The number of anilines is 2. The van der Waals surface area contributed by atoms with Crippen LogP contribution in [0.15, 0.2) is 72.8 Å². The molecule has 0 saturated heterocycles. The number of halogens is 1. The Labute approximate surface area is 219 Å². The molecule has 3 aromatic carbocycles. The summed E-state index contributed by atoms with van der Waals surface area (Å²) in [5, 5.41) is 16.9. The van der Waals surface area contributed by atoms with E-state index in [0.717, 1.165) is 0 Å². The summed E-state index contributed by atoms with van der Waals surface area (Å²) in [7, 11) is 2.91. The van der Waals surface area contributed by atoms with E-state index < -0.39 is 53.2 Å². The molecule has 0 unspecified atom stereocenters. The highest BCUT2D eigenvalue weighted by Gasteiger charge is 2.56. The smallest absolute Gasteiger partial charge is 0.235 e. The standard InChI is InChI=1S/C29H29FN2O6/c1-29(36)16-21(33)25(27(34)31-19-8-4-6-10-22(19)37-2)24(17-12-14-18(30)15-13-17)26(29)28(35)32-20-9-5-7-11-23(20)38-3/h4-15,24-26,36H,16H2,1-3H3,(H,31,34)(H,32,35)/t24-,25+,26+,29+/m0/s1. The van der Waals surface area contributed by atoms with E-state index in [2.05, 4.69) is 10.6 Å². The number of methoxy groups -OCH3 is 2. The lowest BCUT2D eigenvalue weighted by molar-refractivity contribution is -0.150. The second-order valence-corrected chi connectivity index (χ2v) is 9.41. The monoisotopic (exact) mass is 520 g/mol. The molecule has 0 heterocycles. The van der Waals surface area contributed by atoms with Crippen LogP contribution in [-0.4, -0.2) is 42.5 Å². The third kappa shape index (κ3) is 5.38. The fraction of sp³-hybridized carbons (Fsp3) is 0.276. The molecule has 2 amide bonds. The first-order valence-corrected chi connectivity index (χ1v) is 12.0. The Hall–Kier alpha value is -4.24. The van der Waals surface area contributed by atoms with Gasteiger partial charge in [-0.2, -0.15) is 0 Å². The number of rotatable bonds is 7. The fourth-order valence-electron chi connectivity index (χ4n) is 5.09. The van der Waals surface area contributed by atoms with Gasteiger partial charge in [0, 0.05) is 12.3 Å². The number of ketones is 1. The Morgan fingerprint density at radius 1 is 0.868 bits per heavy atom. The molecule has 1 saturated carbocycles. The van der Waals surface area contributed by atoms with E-state index in [-0.39, 0.29) is 0 Å². The number of carbonyl (C=O) groups is 3. The zero-order valence-electron chi connectivity index (χ0n) is 21.2. The van der Waals surface area contributed by atoms with E-state index in [9.17, 15) is 23.9 Å². The van der Waals surface area contributed by atoms with Crippen LogP contribution in [0.4, 0.5) is 15.8 Å². The summed E-state index contributed by atoms with van der Waals surface area (Å²) < 4.78 is 24.5. The number of nitrogens with one attached hydrogen (secondary N) is 2. The molecule has 0 spiro atoms. The van der Waals surface area contributed by atoms with Gasteiger partial charge in [0.05, 0.1) is 37.1 Å². The van der Waals surface area contributed by atoms with Gasteiger partial charge in [-0.05, 0) is 48.9 Å². The van der Waals surface area contributed by atoms with Gasteiger partial charge in [0.25, 0.3) is 0 Å². The van der Waals surface area contributed by atoms with Crippen molar-refractivity contribution in [1.82, 2.24) is 0 Å². The van der Waals surface area contributed by atoms with Gasteiger partial charge in [0.15, 0.2) is 0 Å². The summed E-state index contributed by atoms with van der Waals surface area (Å²) >= 11 is 0. The van der Waals surface area contributed by atoms with Crippen molar-refractivity contribution in [3.05, 3.63) is 84.2 Å². The minimum atomic E-state index is -1.80. The lowest BCUT2D eigenvalue weighted by Crippen LogP contribution is -2.56. The van der Waals surface area contributed by atoms with Crippen LogP contribution < -0.4 is 20.1 Å². The summed E-state index contributed by atoms with van der Waals surface area (Å²) in [6.45, 7) is 1.39. The third-order valence-corrected chi connectivity index (χ3v) is 6.82. The van der Waals surface area contributed by atoms with Gasteiger partial charge in [-0.25, -0.2) is 4.39 Å². The van der Waals surface area contributed by atoms with Gasteiger partial charge >= 0.3 is 0 Å². The average Bonchev–Trinajstić information content (AvgIpc) is 2.88. The Kier molecular flexibility index (Phi) is 7.78. The van der Waals surface area contributed by atoms with Crippen LogP contribution in [0.2, 0.25) is 0 Å². The summed E-state index contributed by atoms with van der Waals surface area (Å²) in [5.41, 5.74) is -0.734. The van der Waals surface area contributed by atoms with Crippen molar-refractivity contribution in [2.75, 3.05) is 24.9 Å². The molecule has 0 aromatic heterocycles. The molecule has 0 radical (unpaired) electrons. The first-order valence-electron chi connectivity index (χ1n) is 12.0. The maximum atomic E-state index is 13.8. The lowest BCUT2D eigenvalue weighted by Gasteiger charge is -2.44. The van der Waals surface area contributed by atoms with Crippen LogP contribution in [0.3, 0.4) is 0 Å². The molecule has 4 rings (SSSR count). The van der Waals surface area contributed by atoms with E-state index >= 15 is 0 Å². The topological polar surface area (TPSA) is 114 Å². The van der Waals surface area contributed by atoms with Crippen molar-refractivity contribution in [1.29, 1.82) is 0 Å². The van der Waals surface area contributed by atoms with Crippen molar-refractivity contribution in [3.63, 3.8) is 0 Å². The molecule has 3 N–H and O–H groups in total. The molecular formula is C29H29FN2O6. The highest BCUT2D eigenvalue weighted by molar-refractivity contribution is 6.11. The van der Waals surface area contributed by atoms with Crippen LogP contribution in [0.25, 0.3) is 0 Å². The number of aliphatic hydroxyl groups is 1. The van der Waals surface area contributed by atoms with Crippen LogP contribution in [0.1, 0.15) is 24.8 Å². The molecule has 9 heteroatoms. The van der Waals surface area contributed by atoms with Crippen LogP contribution in [0.5, 0.6) is 11.5 Å². The van der Waals surface area contributed by atoms with Crippen molar-refractivity contribution in [2.45, 2.75) is 24.9 Å². The molecule has 4 atom stereocenters. The number of benzene rings is 3. The van der Waals surface area contributed by atoms with Crippen LogP contribution in [-0.2, 0) is 14.4 Å². The van der Waals surface area contributed by atoms with Gasteiger partial charge in [-0.1, -0.05) is 36.4 Å². The van der Waals surface area contributed by atoms with E-state index in [1.807, 2.05) is 0 Å². The Bertz CT molecular complexity index is 1340. The van der Waals surface area contributed by atoms with Gasteiger partial charge in [-0.15, -0.1) is 0 Å². The van der Waals surface area contributed by atoms with Gasteiger partial charge in [0.2, 0.25) is 11.8 Å². The molecule has 0 bridgehead atoms. The molecule has 198 valence electrons. The van der Waals surface area contributed by atoms with Crippen molar-refractivity contribution < 1.29 is 33.4 Å². The summed E-state index contributed by atoms with van der Waals surface area (Å²) in [6, 6.07) is 18.7. The number of carbonyl (C=O) groups excluding carboxylic acids is 3. The van der Waals surface area contributed by atoms with Crippen molar-refractivity contribution in [2.24, 2.45) is 11.8 Å². The summed E-state index contributed by atoms with van der Waals surface area (Å²) in [6.07, 6.45) is -0.432. The van der Waals surface area contributed by atoms with Crippen LogP contribution in [0, 0.1) is 17.7 Å². The van der Waals surface area contributed by atoms with Gasteiger partial charge < -0.3 is 25.2 Å². The number of Topliss-reactive ketones (excluding diaryl/α,β-unsaturated/α-hetero) is 1. The summed E-state index contributed by atoms with van der Waals surface area (Å²) in [5.74, 6) is -5.25. The fourth-order valence-corrected chi connectivity index (χ4v) is 5.09. The van der Waals surface area contributed by atoms with Gasteiger partial charge in [-0.3, -0.25) is 14.4 Å². The minimum Gasteiger partial charge on any atom is -0.495 e. The Morgan fingerprint density at radius 3 is 1.89 bits per heavy atom. The predicted molar refractivity (Wildman–Crippen MR) is 140 cm³/mol. The Morgan fingerprint density at radius 2 is 1.37 bits per heavy atom. The molecule has 0 aliphatic heterocycles. The number of hydrogen-bond acceptors (Lipinski definition) is 6. The number of amides is 2. The van der Waals surface area contributed by atoms with E-state index in [0.29, 0.717) is 28.4 Å². The molecule has 3 aromatic rings. The van der Waals surface area contributed by atoms with E-state index in [1.165, 1.54) is 45.4 Å². The first-order chi connectivity index (χ1) is 18.2. The zero-order chi connectivity index (χ0) is 27.4. The number of hydrogen-bond donors (Lipinski definition) is 3. The largest absolute Gasteiger partial charge is 0.495 e. The van der Waals surface area contributed by atoms with E-state index in [4.69, 9.17) is 9.47 Å². The molecule has 38 heavy (non-hydrogen) atoms. The lowest BCUT2D eigenvalue weighted by atomic mass is 9.61. The number of para-hydroxylation sites is 4. The highest BCUT2D eigenvalue weighted by Crippen LogP contribution is 2.47. The number of ether oxygens (including phenoxy) is 2. The predicted octanol–water partition coefficient (Wildman–Crippen LogP) is 4.16. The molecular weight excluding hydrogens is 491 g/mol. The average molecular weight is 521 g/mol. The van der Waals surface area contributed by atoms with Crippen molar-refractivity contribution in [3.8, 4) is 11.5 Å². The maximum absolute atomic E-state index is 13.8. The first kappa shape index (κ1) is 26.8. The summed E-state index contributed by atoms with van der Waals surface area (Å²) in [4.78, 5) is 40.8. The van der Waals surface area contributed by atoms with Crippen LogP contribution >= 0.6 is 0 Å². The zero-order valence-corrected chi connectivity index (χ0v) is 21.2.